The number of likely N-dealkylation sites (N-methyl/N-ethyl adjacent to an activating group) is 1. The van der Waals surface area contributed by atoms with Crippen molar-refractivity contribution in [3.05, 3.63) is 35.9 Å². The third-order valence-electron chi connectivity index (χ3n) is 3.56. The van der Waals surface area contributed by atoms with Crippen LogP contribution in [0.4, 0.5) is 0 Å². The van der Waals surface area contributed by atoms with Crippen LogP contribution in [0.3, 0.4) is 0 Å². The molecule has 1 rings (SSSR count). The Kier molecular flexibility index (Phi) is 5.51. The van der Waals surface area contributed by atoms with E-state index in [4.69, 9.17) is 4.74 Å². The molecule has 106 valence electrons. The van der Waals surface area contributed by atoms with Gasteiger partial charge in [-0.15, -0.1) is 0 Å². The molecular formula is C15H23NO3. The maximum atomic E-state index is 12.0. The van der Waals surface area contributed by atoms with Crippen molar-refractivity contribution in [2.45, 2.75) is 25.3 Å². The molecule has 1 unspecified atom stereocenters. The van der Waals surface area contributed by atoms with Crippen LogP contribution < -0.4 is 0 Å². The van der Waals surface area contributed by atoms with Crippen LogP contribution in [0.2, 0.25) is 0 Å². The first-order valence-corrected chi connectivity index (χ1v) is 6.37. The zero-order chi connectivity index (χ0) is 14.5. The highest BCUT2D eigenvalue weighted by Gasteiger charge is 2.29. The molecule has 1 atom stereocenters. The summed E-state index contributed by atoms with van der Waals surface area (Å²) >= 11 is 0. The van der Waals surface area contributed by atoms with Gasteiger partial charge in [-0.2, -0.15) is 0 Å². The van der Waals surface area contributed by atoms with Crippen molar-refractivity contribution in [3.63, 3.8) is 0 Å². The highest BCUT2D eigenvalue weighted by Crippen LogP contribution is 2.22. The van der Waals surface area contributed by atoms with E-state index in [1.165, 1.54) is 7.11 Å². The Hall–Kier alpha value is -1.39. The number of hydrogen-bond acceptors (Lipinski definition) is 4. The number of ether oxygens (including phenoxy) is 1. The van der Waals surface area contributed by atoms with Crippen LogP contribution in [0.15, 0.2) is 30.3 Å². The number of esters is 1. The summed E-state index contributed by atoms with van der Waals surface area (Å²) in [6, 6.07) is 9.56. The van der Waals surface area contributed by atoms with E-state index < -0.39 is 0 Å². The molecule has 0 spiro atoms. The Morgan fingerprint density at radius 1 is 1.37 bits per heavy atom. The number of carbonyl (C=O) groups is 1. The van der Waals surface area contributed by atoms with Gasteiger partial charge >= 0.3 is 5.97 Å². The number of methoxy groups -OCH3 is 1. The molecule has 1 aromatic carbocycles. The second-order valence-corrected chi connectivity index (χ2v) is 5.34. The van der Waals surface area contributed by atoms with Crippen LogP contribution >= 0.6 is 0 Å². The van der Waals surface area contributed by atoms with Crippen molar-refractivity contribution in [2.75, 3.05) is 27.3 Å². The summed E-state index contributed by atoms with van der Waals surface area (Å²) < 4.78 is 4.89. The third-order valence-corrected chi connectivity index (χ3v) is 3.56. The molecule has 0 aliphatic heterocycles. The molecule has 0 heterocycles. The van der Waals surface area contributed by atoms with Gasteiger partial charge in [-0.05, 0) is 26.5 Å². The summed E-state index contributed by atoms with van der Waals surface area (Å²) in [7, 11) is 3.30. The molecule has 4 heteroatoms. The number of aliphatic hydroxyl groups excluding tert-OH is 1. The lowest BCUT2D eigenvalue weighted by molar-refractivity contribution is -0.143. The highest BCUT2D eigenvalue weighted by atomic mass is 16.5. The normalized spacial score (nSPS) is 13.4. The van der Waals surface area contributed by atoms with Gasteiger partial charge in [-0.3, -0.25) is 9.69 Å². The Morgan fingerprint density at radius 3 is 2.42 bits per heavy atom. The van der Waals surface area contributed by atoms with Crippen molar-refractivity contribution in [1.82, 2.24) is 4.90 Å². The second-order valence-electron chi connectivity index (χ2n) is 5.34. The van der Waals surface area contributed by atoms with E-state index >= 15 is 0 Å². The van der Waals surface area contributed by atoms with Gasteiger partial charge in [0.2, 0.25) is 0 Å². The lowest BCUT2D eigenvalue weighted by atomic mass is 9.96. The molecule has 0 fully saturated rings. The first-order chi connectivity index (χ1) is 8.92. The quantitative estimate of drug-likeness (QED) is 0.795. The summed E-state index contributed by atoms with van der Waals surface area (Å²) in [6.07, 6.45) is 0. The molecule has 0 aliphatic rings. The largest absolute Gasteiger partial charge is 0.469 e. The van der Waals surface area contributed by atoms with Gasteiger partial charge in [-0.1, -0.05) is 30.3 Å². The Morgan fingerprint density at radius 2 is 1.95 bits per heavy atom. The van der Waals surface area contributed by atoms with Gasteiger partial charge in [0.25, 0.3) is 0 Å². The summed E-state index contributed by atoms with van der Waals surface area (Å²) in [5.41, 5.74) is 0.552. The molecule has 0 aliphatic carbocycles. The van der Waals surface area contributed by atoms with E-state index in [0.29, 0.717) is 6.54 Å². The topological polar surface area (TPSA) is 49.8 Å². The molecule has 1 aromatic rings. The van der Waals surface area contributed by atoms with Crippen molar-refractivity contribution in [2.24, 2.45) is 0 Å². The van der Waals surface area contributed by atoms with Crippen molar-refractivity contribution in [1.29, 1.82) is 0 Å². The van der Waals surface area contributed by atoms with Gasteiger partial charge in [-0.25, -0.2) is 0 Å². The van der Waals surface area contributed by atoms with Crippen LogP contribution in [-0.2, 0) is 9.53 Å². The lowest BCUT2D eigenvalue weighted by Gasteiger charge is -2.35. The summed E-state index contributed by atoms with van der Waals surface area (Å²) in [5, 5.41) is 9.39. The van der Waals surface area contributed by atoms with Crippen LogP contribution in [0, 0.1) is 0 Å². The lowest BCUT2D eigenvalue weighted by Crippen LogP contribution is -2.47. The van der Waals surface area contributed by atoms with Gasteiger partial charge in [0.15, 0.2) is 0 Å². The van der Waals surface area contributed by atoms with E-state index in [1.54, 1.807) is 0 Å². The van der Waals surface area contributed by atoms with E-state index in [2.05, 4.69) is 0 Å². The summed E-state index contributed by atoms with van der Waals surface area (Å²) in [5.74, 6) is -0.603. The van der Waals surface area contributed by atoms with Crippen molar-refractivity contribution >= 4 is 5.97 Å². The first kappa shape index (κ1) is 15.7. The third kappa shape index (κ3) is 4.04. The number of nitrogens with zero attached hydrogens (tertiary/aromatic N) is 1. The Balaban J connectivity index is 2.91. The maximum absolute atomic E-state index is 12.0. The number of hydrogen-bond donors (Lipinski definition) is 1. The zero-order valence-corrected chi connectivity index (χ0v) is 12.1. The fraction of sp³-hybridized carbons (Fsp3) is 0.533. The fourth-order valence-corrected chi connectivity index (χ4v) is 1.79. The van der Waals surface area contributed by atoms with Crippen molar-refractivity contribution in [3.8, 4) is 0 Å². The second kappa shape index (κ2) is 6.68. The molecule has 0 radical (unpaired) electrons. The number of benzene rings is 1. The molecule has 0 aromatic heterocycles. The van der Waals surface area contributed by atoms with Gasteiger partial charge in [0.1, 0.15) is 0 Å². The monoisotopic (exact) mass is 265 g/mol. The molecule has 1 N–H and O–H groups in total. The Bertz CT molecular complexity index is 403. The predicted octanol–water partition coefficient (Wildman–Crippen LogP) is 1.65. The van der Waals surface area contributed by atoms with E-state index in [0.717, 1.165) is 5.56 Å². The van der Waals surface area contributed by atoms with Crippen LogP contribution in [0.1, 0.15) is 25.3 Å². The number of aliphatic hydroxyl groups is 1. The fourth-order valence-electron chi connectivity index (χ4n) is 1.79. The minimum atomic E-state index is -0.374. The molecule has 0 bridgehead atoms. The van der Waals surface area contributed by atoms with E-state index in [9.17, 15) is 9.90 Å². The first-order valence-electron chi connectivity index (χ1n) is 6.37. The SMILES string of the molecule is COC(=O)C(CN(C)C(C)(C)CO)c1ccccc1. The number of rotatable bonds is 6. The maximum Gasteiger partial charge on any atom is 0.314 e. The summed E-state index contributed by atoms with van der Waals surface area (Å²) in [4.78, 5) is 13.9. The molecule has 4 nitrogen and oxygen atoms in total. The van der Waals surface area contributed by atoms with Gasteiger partial charge in [0, 0.05) is 12.1 Å². The van der Waals surface area contributed by atoms with Crippen LogP contribution in [0.25, 0.3) is 0 Å². The molecular weight excluding hydrogens is 242 g/mol. The van der Waals surface area contributed by atoms with Gasteiger partial charge in [0.05, 0.1) is 19.6 Å². The minimum Gasteiger partial charge on any atom is -0.469 e. The van der Waals surface area contributed by atoms with Crippen LogP contribution in [-0.4, -0.2) is 48.8 Å². The average Bonchev–Trinajstić information content (AvgIpc) is 2.44. The smallest absolute Gasteiger partial charge is 0.314 e. The van der Waals surface area contributed by atoms with Crippen LogP contribution in [0.5, 0.6) is 0 Å². The van der Waals surface area contributed by atoms with E-state index in [1.807, 2.05) is 56.1 Å². The summed E-state index contributed by atoms with van der Waals surface area (Å²) in [6.45, 7) is 4.41. The molecule has 0 saturated heterocycles. The average molecular weight is 265 g/mol. The van der Waals surface area contributed by atoms with E-state index in [-0.39, 0.29) is 24.0 Å². The predicted molar refractivity (Wildman–Crippen MR) is 75.0 cm³/mol. The molecule has 0 amide bonds. The zero-order valence-electron chi connectivity index (χ0n) is 12.1. The Labute approximate surface area is 115 Å². The van der Waals surface area contributed by atoms with Gasteiger partial charge < -0.3 is 9.84 Å². The number of carbonyl (C=O) groups excluding carboxylic acids is 1. The molecule has 19 heavy (non-hydrogen) atoms. The molecule has 0 saturated carbocycles. The standard InChI is InChI=1S/C15H23NO3/c1-15(2,11-17)16(3)10-13(14(18)19-4)12-8-6-5-7-9-12/h5-9,13,17H,10-11H2,1-4H3. The minimum absolute atomic E-state index is 0.0339. The van der Waals surface area contributed by atoms with Crippen molar-refractivity contribution < 1.29 is 14.6 Å². The highest BCUT2D eigenvalue weighted by molar-refractivity contribution is 5.78.